The van der Waals surface area contributed by atoms with Crippen LogP contribution < -0.4 is 14.2 Å². The summed E-state index contributed by atoms with van der Waals surface area (Å²) in [5.41, 5.74) is 1.37. The molecule has 2 aromatic carbocycles. The molecule has 1 unspecified atom stereocenters. The van der Waals surface area contributed by atoms with Crippen molar-refractivity contribution in [1.82, 2.24) is 0 Å². The van der Waals surface area contributed by atoms with Crippen LogP contribution in [0.1, 0.15) is 24.2 Å². The average molecular weight is 288 g/mol. The predicted molar refractivity (Wildman–Crippen MR) is 81.2 cm³/mol. The molecule has 0 amide bonds. The van der Waals surface area contributed by atoms with Crippen molar-refractivity contribution in [2.45, 2.75) is 13.0 Å². The molecule has 0 aliphatic rings. The first-order valence-corrected chi connectivity index (χ1v) is 6.83. The molecule has 0 aliphatic carbocycles. The lowest BCUT2D eigenvalue weighted by Crippen LogP contribution is -2.05. The van der Waals surface area contributed by atoms with Gasteiger partial charge >= 0.3 is 0 Å². The van der Waals surface area contributed by atoms with E-state index in [1.165, 1.54) is 0 Å². The monoisotopic (exact) mass is 288 g/mol. The van der Waals surface area contributed by atoms with Crippen LogP contribution >= 0.6 is 0 Å². The highest BCUT2D eigenvalue weighted by Crippen LogP contribution is 2.37. The van der Waals surface area contributed by atoms with Gasteiger partial charge in [0.15, 0.2) is 0 Å². The first-order valence-electron chi connectivity index (χ1n) is 6.83. The fourth-order valence-corrected chi connectivity index (χ4v) is 2.23. The second kappa shape index (κ2) is 6.99. The van der Waals surface area contributed by atoms with Crippen LogP contribution in [0.4, 0.5) is 0 Å². The minimum absolute atomic E-state index is 0.593. The van der Waals surface area contributed by atoms with E-state index in [0.717, 1.165) is 11.3 Å². The van der Waals surface area contributed by atoms with Gasteiger partial charge < -0.3 is 19.3 Å². The number of ether oxygens (including phenoxy) is 3. The summed E-state index contributed by atoms with van der Waals surface area (Å²) in [5, 5.41) is 10.6. The van der Waals surface area contributed by atoms with Gasteiger partial charge in [0.1, 0.15) is 23.4 Å². The Morgan fingerprint density at radius 1 is 0.952 bits per heavy atom. The van der Waals surface area contributed by atoms with Gasteiger partial charge in [0.2, 0.25) is 0 Å². The van der Waals surface area contributed by atoms with Crippen LogP contribution in [-0.2, 0) is 0 Å². The summed E-state index contributed by atoms with van der Waals surface area (Å²) in [6.45, 7) is 2.55. The molecule has 1 N–H and O–H groups in total. The van der Waals surface area contributed by atoms with Crippen LogP contribution in [0.3, 0.4) is 0 Å². The fraction of sp³-hybridized carbons (Fsp3) is 0.294. The van der Waals surface area contributed by atoms with Gasteiger partial charge in [-0.05, 0) is 36.8 Å². The highest BCUT2D eigenvalue weighted by atomic mass is 16.5. The summed E-state index contributed by atoms with van der Waals surface area (Å²) >= 11 is 0. The summed E-state index contributed by atoms with van der Waals surface area (Å²) < 4.78 is 16.1. The Morgan fingerprint density at radius 3 is 2.00 bits per heavy atom. The van der Waals surface area contributed by atoms with E-state index in [1.807, 2.05) is 37.3 Å². The highest BCUT2D eigenvalue weighted by molar-refractivity contribution is 5.49. The minimum Gasteiger partial charge on any atom is -0.496 e. The molecule has 21 heavy (non-hydrogen) atoms. The van der Waals surface area contributed by atoms with Gasteiger partial charge in [-0.3, -0.25) is 0 Å². The highest BCUT2D eigenvalue weighted by Gasteiger charge is 2.20. The Bertz CT molecular complexity index is 556. The predicted octanol–water partition coefficient (Wildman–Crippen LogP) is 3.18. The zero-order chi connectivity index (χ0) is 15.2. The molecular formula is C17H20O4. The molecule has 112 valence electrons. The topological polar surface area (TPSA) is 47.9 Å². The summed E-state index contributed by atoms with van der Waals surface area (Å²) in [6, 6.07) is 12.8. The lowest BCUT2D eigenvalue weighted by atomic mass is 9.99. The fourth-order valence-electron chi connectivity index (χ4n) is 2.23. The standard InChI is InChI=1S/C17H20O4/c1-4-21-13-10-8-12(9-11-13)17(18)16-14(19-2)6-5-7-15(16)20-3/h5-11,17-18H,4H2,1-3H3. The second-order valence-electron chi connectivity index (χ2n) is 4.48. The molecule has 1 atom stereocenters. The van der Waals surface area contributed by atoms with E-state index < -0.39 is 6.10 Å². The summed E-state index contributed by atoms with van der Waals surface area (Å²) in [5.74, 6) is 1.96. The van der Waals surface area contributed by atoms with E-state index in [9.17, 15) is 5.11 Å². The van der Waals surface area contributed by atoms with Gasteiger partial charge in [-0.1, -0.05) is 18.2 Å². The number of rotatable bonds is 6. The van der Waals surface area contributed by atoms with Crippen LogP contribution in [0.5, 0.6) is 17.2 Å². The molecule has 0 aliphatic heterocycles. The maximum Gasteiger partial charge on any atom is 0.128 e. The number of hydrogen-bond acceptors (Lipinski definition) is 4. The molecule has 2 aromatic rings. The molecule has 0 aromatic heterocycles. The van der Waals surface area contributed by atoms with Crippen molar-refractivity contribution in [3.05, 3.63) is 53.6 Å². The minimum atomic E-state index is -0.827. The first-order chi connectivity index (χ1) is 10.2. The molecule has 0 spiro atoms. The lowest BCUT2D eigenvalue weighted by Gasteiger charge is -2.18. The van der Waals surface area contributed by atoms with Crippen molar-refractivity contribution in [2.24, 2.45) is 0 Å². The van der Waals surface area contributed by atoms with Gasteiger partial charge in [0, 0.05) is 0 Å². The van der Waals surface area contributed by atoms with Crippen LogP contribution in [0, 0.1) is 0 Å². The quantitative estimate of drug-likeness (QED) is 0.887. The Kier molecular flexibility index (Phi) is 5.06. The number of benzene rings is 2. The van der Waals surface area contributed by atoms with E-state index >= 15 is 0 Å². The third kappa shape index (κ3) is 3.28. The van der Waals surface area contributed by atoms with E-state index in [1.54, 1.807) is 26.4 Å². The van der Waals surface area contributed by atoms with Gasteiger partial charge in [-0.25, -0.2) is 0 Å². The van der Waals surface area contributed by atoms with Crippen LogP contribution in [0.15, 0.2) is 42.5 Å². The van der Waals surface area contributed by atoms with Gasteiger partial charge in [-0.15, -0.1) is 0 Å². The van der Waals surface area contributed by atoms with Crippen molar-refractivity contribution in [3.8, 4) is 17.2 Å². The van der Waals surface area contributed by atoms with Crippen LogP contribution in [-0.4, -0.2) is 25.9 Å². The van der Waals surface area contributed by atoms with Gasteiger partial charge in [0.25, 0.3) is 0 Å². The molecule has 0 fully saturated rings. The first kappa shape index (κ1) is 15.2. The lowest BCUT2D eigenvalue weighted by molar-refractivity contribution is 0.208. The number of aliphatic hydroxyl groups is 1. The normalized spacial score (nSPS) is 11.8. The molecule has 4 heteroatoms. The van der Waals surface area contributed by atoms with Crippen LogP contribution in [0.25, 0.3) is 0 Å². The van der Waals surface area contributed by atoms with Crippen LogP contribution in [0.2, 0.25) is 0 Å². The van der Waals surface area contributed by atoms with Gasteiger partial charge in [0.05, 0.1) is 26.4 Å². The molecule has 0 heterocycles. The maximum absolute atomic E-state index is 10.6. The SMILES string of the molecule is CCOc1ccc(C(O)c2c(OC)cccc2OC)cc1. The van der Waals surface area contributed by atoms with Crippen molar-refractivity contribution in [2.75, 3.05) is 20.8 Å². The van der Waals surface area contributed by atoms with E-state index in [2.05, 4.69) is 0 Å². The van der Waals surface area contributed by atoms with Gasteiger partial charge in [-0.2, -0.15) is 0 Å². The molecule has 0 saturated heterocycles. The summed E-state index contributed by atoms with van der Waals surface area (Å²) in [7, 11) is 3.15. The Labute approximate surface area is 124 Å². The van der Waals surface area contributed by atoms with Crippen molar-refractivity contribution >= 4 is 0 Å². The van der Waals surface area contributed by atoms with E-state index in [-0.39, 0.29) is 0 Å². The van der Waals surface area contributed by atoms with Crippen molar-refractivity contribution in [1.29, 1.82) is 0 Å². The molecule has 4 nitrogen and oxygen atoms in total. The average Bonchev–Trinajstić information content (AvgIpc) is 2.54. The Balaban J connectivity index is 2.37. The van der Waals surface area contributed by atoms with E-state index in [0.29, 0.717) is 23.7 Å². The summed E-state index contributed by atoms with van der Waals surface area (Å²) in [4.78, 5) is 0. The number of methoxy groups -OCH3 is 2. The summed E-state index contributed by atoms with van der Waals surface area (Å²) in [6.07, 6.45) is -0.827. The zero-order valence-corrected chi connectivity index (χ0v) is 12.5. The molecule has 2 rings (SSSR count). The molecule has 0 bridgehead atoms. The third-order valence-electron chi connectivity index (χ3n) is 3.25. The number of aliphatic hydroxyl groups excluding tert-OH is 1. The second-order valence-corrected chi connectivity index (χ2v) is 4.48. The zero-order valence-electron chi connectivity index (χ0n) is 12.5. The van der Waals surface area contributed by atoms with Crippen molar-refractivity contribution < 1.29 is 19.3 Å². The molecular weight excluding hydrogens is 268 g/mol. The maximum atomic E-state index is 10.6. The smallest absolute Gasteiger partial charge is 0.128 e. The van der Waals surface area contributed by atoms with Crippen molar-refractivity contribution in [3.63, 3.8) is 0 Å². The third-order valence-corrected chi connectivity index (χ3v) is 3.25. The molecule has 0 saturated carbocycles. The Morgan fingerprint density at radius 2 is 1.52 bits per heavy atom. The number of hydrogen-bond donors (Lipinski definition) is 1. The Hall–Kier alpha value is -2.20. The largest absolute Gasteiger partial charge is 0.496 e. The molecule has 0 radical (unpaired) electrons. The van der Waals surface area contributed by atoms with E-state index in [4.69, 9.17) is 14.2 Å².